The van der Waals surface area contributed by atoms with Crippen LogP contribution in [-0.2, 0) is 23.7 Å². The number of ether oxygens (including phenoxy) is 6. The summed E-state index contributed by atoms with van der Waals surface area (Å²) in [7, 11) is 0. The highest BCUT2D eigenvalue weighted by Crippen LogP contribution is 2.15. The minimum absolute atomic E-state index is 0.0392. The van der Waals surface area contributed by atoms with Gasteiger partial charge in [0.25, 0.3) is 0 Å². The first kappa shape index (κ1) is 28.1. The number of carbonyl (C=O) groups excluding carboxylic acids is 4. The lowest BCUT2D eigenvalue weighted by molar-refractivity contribution is 0.0192. The van der Waals surface area contributed by atoms with Crippen LogP contribution in [0, 0.1) is 0 Å². The van der Waals surface area contributed by atoms with E-state index in [1.54, 1.807) is 12.1 Å². The van der Waals surface area contributed by atoms with Crippen LogP contribution in [0.25, 0.3) is 0 Å². The average Bonchev–Trinajstić information content (AvgIpc) is 2.89. The maximum atomic E-state index is 12.2. The van der Waals surface area contributed by atoms with Crippen molar-refractivity contribution in [2.24, 2.45) is 0 Å². The lowest BCUT2D eigenvalue weighted by Crippen LogP contribution is -2.17. The SMILES string of the molecule is C=CCOC(=O)c1cccc(OC(=O)OCCOCCOC(=O)c2cccc(C(=O)OCCC)c2)c1. The van der Waals surface area contributed by atoms with Gasteiger partial charge in [-0.15, -0.1) is 0 Å². The monoisotopic (exact) mass is 500 g/mol. The molecular weight excluding hydrogens is 472 g/mol. The van der Waals surface area contributed by atoms with Crippen LogP contribution in [0.1, 0.15) is 44.4 Å². The number of esters is 3. The fourth-order valence-electron chi connectivity index (χ4n) is 2.64. The molecule has 0 aromatic heterocycles. The van der Waals surface area contributed by atoms with Crippen molar-refractivity contribution in [1.29, 1.82) is 0 Å². The van der Waals surface area contributed by atoms with E-state index in [2.05, 4.69) is 6.58 Å². The summed E-state index contributed by atoms with van der Waals surface area (Å²) < 4.78 is 30.3. The summed E-state index contributed by atoms with van der Waals surface area (Å²) >= 11 is 0. The summed E-state index contributed by atoms with van der Waals surface area (Å²) in [6.07, 6.45) is 1.16. The van der Waals surface area contributed by atoms with Gasteiger partial charge in [-0.05, 0) is 42.8 Å². The van der Waals surface area contributed by atoms with Gasteiger partial charge in [0.15, 0.2) is 0 Å². The van der Waals surface area contributed by atoms with Crippen LogP contribution < -0.4 is 4.74 Å². The molecule has 0 N–H and O–H groups in total. The standard InChI is InChI=1S/C26H28O10/c1-3-11-32-23(27)19-7-5-8-20(17-19)24(28)34-15-13-31-14-16-35-26(30)36-22-10-6-9-21(18-22)25(29)33-12-4-2/h4-10,17-18H,2-3,11-16H2,1H3. The molecule has 2 aromatic rings. The molecule has 2 rings (SSSR count). The molecule has 0 radical (unpaired) electrons. The van der Waals surface area contributed by atoms with E-state index >= 15 is 0 Å². The van der Waals surface area contributed by atoms with E-state index in [-0.39, 0.29) is 55.5 Å². The minimum atomic E-state index is -0.973. The summed E-state index contributed by atoms with van der Waals surface area (Å²) in [4.78, 5) is 47.7. The van der Waals surface area contributed by atoms with Gasteiger partial charge >= 0.3 is 24.1 Å². The Morgan fingerprint density at radius 3 is 1.92 bits per heavy atom. The lowest BCUT2D eigenvalue weighted by atomic mass is 10.1. The second-order valence-electron chi connectivity index (χ2n) is 7.08. The van der Waals surface area contributed by atoms with Gasteiger partial charge in [0.2, 0.25) is 0 Å². The second kappa shape index (κ2) is 15.7. The number of benzene rings is 2. The Morgan fingerprint density at radius 1 is 0.722 bits per heavy atom. The predicted octanol–water partition coefficient (Wildman–Crippen LogP) is 3.99. The van der Waals surface area contributed by atoms with Gasteiger partial charge in [-0.2, -0.15) is 0 Å². The normalized spacial score (nSPS) is 10.1. The molecule has 0 aliphatic heterocycles. The van der Waals surface area contributed by atoms with Crippen molar-refractivity contribution in [3.8, 4) is 5.75 Å². The molecule has 0 aliphatic carbocycles. The van der Waals surface area contributed by atoms with Crippen molar-refractivity contribution >= 4 is 24.1 Å². The Bertz CT molecular complexity index is 1050. The molecule has 0 atom stereocenters. The highest BCUT2D eigenvalue weighted by molar-refractivity contribution is 5.95. The molecule has 0 fully saturated rings. The van der Waals surface area contributed by atoms with Gasteiger partial charge in [-0.25, -0.2) is 19.2 Å². The molecule has 10 heteroatoms. The zero-order chi connectivity index (χ0) is 26.2. The summed E-state index contributed by atoms with van der Waals surface area (Å²) in [5.74, 6) is -1.58. The van der Waals surface area contributed by atoms with Crippen molar-refractivity contribution in [2.75, 3.05) is 39.6 Å². The molecule has 0 aliphatic rings. The third-order valence-corrected chi connectivity index (χ3v) is 4.28. The average molecular weight is 501 g/mol. The third kappa shape index (κ3) is 9.98. The predicted molar refractivity (Wildman–Crippen MR) is 127 cm³/mol. The summed E-state index contributed by atoms with van der Waals surface area (Å²) in [5.41, 5.74) is 0.686. The first-order valence-corrected chi connectivity index (χ1v) is 11.2. The van der Waals surface area contributed by atoms with Crippen LogP contribution >= 0.6 is 0 Å². The summed E-state index contributed by atoms with van der Waals surface area (Å²) in [5, 5.41) is 0. The highest BCUT2D eigenvalue weighted by atomic mass is 16.7. The van der Waals surface area contributed by atoms with Crippen LogP contribution in [0.2, 0.25) is 0 Å². The van der Waals surface area contributed by atoms with E-state index in [9.17, 15) is 19.2 Å². The molecule has 0 amide bonds. The van der Waals surface area contributed by atoms with E-state index in [0.29, 0.717) is 13.0 Å². The Labute approximate surface area is 208 Å². The molecular formula is C26H28O10. The Kier molecular flexibility index (Phi) is 12.2. The Hall–Kier alpha value is -4.18. The van der Waals surface area contributed by atoms with E-state index in [0.717, 1.165) is 0 Å². The smallest absolute Gasteiger partial charge is 0.462 e. The third-order valence-electron chi connectivity index (χ3n) is 4.28. The van der Waals surface area contributed by atoms with Gasteiger partial charge < -0.3 is 28.4 Å². The van der Waals surface area contributed by atoms with Crippen molar-refractivity contribution in [3.63, 3.8) is 0 Å². The summed E-state index contributed by atoms with van der Waals surface area (Å²) in [6.45, 7) is 5.67. The molecule has 2 aromatic carbocycles. The van der Waals surface area contributed by atoms with Crippen LogP contribution in [0.3, 0.4) is 0 Å². The first-order valence-electron chi connectivity index (χ1n) is 11.2. The van der Waals surface area contributed by atoms with E-state index in [1.165, 1.54) is 42.5 Å². The zero-order valence-corrected chi connectivity index (χ0v) is 19.9. The molecule has 0 bridgehead atoms. The molecule has 0 saturated heterocycles. The van der Waals surface area contributed by atoms with Gasteiger partial charge in [0, 0.05) is 0 Å². The van der Waals surface area contributed by atoms with Crippen molar-refractivity contribution in [2.45, 2.75) is 13.3 Å². The molecule has 0 saturated carbocycles. The maximum absolute atomic E-state index is 12.2. The highest BCUT2D eigenvalue weighted by Gasteiger charge is 2.13. The summed E-state index contributed by atoms with van der Waals surface area (Å²) in [6, 6.07) is 11.9. The lowest BCUT2D eigenvalue weighted by Gasteiger charge is -2.09. The minimum Gasteiger partial charge on any atom is -0.462 e. The number of rotatable bonds is 14. The van der Waals surface area contributed by atoms with Crippen molar-refractivity contribution in [1.82, 2.24) is 0 Å². The first-order chi connectivity index (χ1) is 17.4. The van der Waals surface area contributed by atoms with Gasteiger partial charge in [-0.3, -0.25) is 0 Å². The topological polar surface area (TPSA) is 124 Å². The molecule has 192 valence electrons. The molecule has 0 unspecified atom stereocenters. The van der Waals surface area contributed by atoms with Crippen LogP contribution in [0.5, 0.6) is 5.75 Å². The van der Waals surface area contributed by atoms with Gasteiger partial charge in [0.1, 0.15) is 25.6 Å². The maximum Gasteiger partial charge on any atom is 0.513 e. The molecule has 10 nitrogen and oxygen atoms in total. The quantitative estimate of drug-likeness (QED) is 0.124. The van der Waals surface area contributed by atoms with Crippen molar-refractivity contribution in [3.05, 3.63) is 77.9 Å². The van der Waals surface area contributed by atoms with Crippen LogP contribution in [0.15, 0.2) is 61.2 Å². The Morgan fingerprint density at radius 2 is 1.28 bits per heavy atom. The fourth-order valence-corrected chi connectivity index (χ4v) is 2.64. The van der Waals surface area contributed by atoms with E-state index < -0.39 is 24.1 Å². The number of hydrogen-bond donors (Lipinski definition) is 0. The molecule has 36 heavy (non-hydrogen) atoms. The number of hydrogen-bond acceptors (Lipinski definition) is 10. The van der Waals surface area contributed by atoms with E-state index in [4.69, 9.17) is 28.4 Å². The van der Waals surface area contributed by atoms with E-state index in [1.807, 2.05) is 6.92 Å². The molecule has 0 heterocycles. The number of carbonyl (C=O) groups is 4. The largest absolute Gasteiger partial charge is 0.513 e. The van der Waals surface area contributed by atoms with Crippen LogP contribution in [-0.4, -0.2) is 63.7 Å². The zero-order valence-electron chi connectivity index (χ0n) is 19.9. The van der Waals surface area contributed by atoms with Gasteiger partial charge in [-0.1, -0.05) is 31.7 Å². The second-order valence-corrected chi connectivity index (χ2v) is 7.08. The van der Waals surface area contributed by atoms with Gasteiger partial charge in [0.05, 0.1) is 36.5 Å². The molecule has 0 spiro atoms. The fraction of sp³-hybridized carbons (Fsp3) is 0.308. The van der Waals surface area contributed by atoms with Crippen molar-refractivity contribution < 1.29 is 47.6 Å². The van der Waals surface area contributed by atoms with Crippen LogP contribution in [0.4, 0.5) is 4.79 Å². The Balaban J connectivity index is 1.63.